The van der Waals surface area contributed by atoms with Crippen LogP contribution in [0, 0.1) is 0 Å². The number of carbonyl (C=O) groups is 4. The number of anilines is 1. The number of hydrogen-bond acceptors (Lipinski definition) is 6. The van der Waals surface area contributed by atoms with Crippen LogP contribution in [0.5, 0.6) is 5.75 Å². The molecule has 2 aliphatic heterocycles. The largest absolute Gasteiger partial charge is 0.495 e. The molecule has 2 aliphatic rings. The van der Waals surface area contributed by atoms with E-state index in [1.54, 1.807) is 37.3 Å². The van der Waals surface area contributed by atoms with E-state index in [0.29, 0.717) is 56.8 Å². The number of benzene rings is 2. The molecule has 0 radical (unpaired) electrons. The van der Waals surface area contributed by atoms with E-state index in [1.807, 2.05) is 36.1 Å². The number of urea groups is 1. The molecule has 2 aromatic carbocycles. The third-order valence-electron chi connectivity index (χ3n) is 8.24. The minimum atomic E-state index is -0.400. The first-order chi connectivity index (χ1) is 21.2. The first kappa shape index (κ1) is 32.8. The zero-order valence-corrected chi connectivity index (χ0v) is 26.4. The van der Waals surface area contributed by atoms with Gasteiger partial charge in [-0.2, -0.15) is 0 Å². The second kappa shape index (κ2) is 15.1. The number of nitrogens with zero attached hydrogens (tertiary/aromatic N) is 4. The van der Waals surface area contributed by atoms with E-state index < -0.39 is 5.91 Å². The summed E-state index contributed by atoms with van der Waals surface area (Å²) in [6.07, 6.45) is 3.88. The SMILES string of the molecule is COCC(C)N(C)C(=O)/C(=C\N(C=O)CC(=O)N1CCC(N2CCc3ccccc3NC2=O)CC1)c1cccc(OC)c1Cl. The van der Waals surface area contributed by atoms with Gasteiger partial charge in [-0.15, -0.1) is 0 Å². The van der Waals surface area contributed by atoms with Gasteiger partial charge < -0.3 is 34.4 Å². The van der Waals surface area contributed by atoms with Crippen LogP contribution in [0.3, 0.4) is 0 Å². The normalized spacial score (nSPS) is 16.4. The number of methoxy groups -OCH3 is 2. The molecule has 1 N–H and O–H groups in total. The number of piperidine rings is 1. The molecule has 5 amide bonds. The minimum Gasteiger partial charge on any atom is -0.495 e. The summed E-state index contributed by atoms with van der Waals surface area (Å²) in [6, 6.07) is 12.4. The van der Waals surface area contributed by atoms with E-state index in [1.165, 1.54) is 18.2 Å². The first-order valence-corrected chi connectivity index (χ1v) is 15.0. The average molecular weight is 626 g/mol. The monoisotopic (exact) mass is 625 g/mol. The van der Waals surface area contributed by atoms with Crippen molar-refractivity contribution in [2.24, 2.45) is 0 Å². The smallest absolute Gasteiger partial charge is 0.322 e. The predicted molar refractivity (Wildman–Crippen MR) is 168 cm³/mol. The van der Waals surface area contributed by atoms with Gasteiger partial charge >= 0.3 is 6.03 Å². The molecule has 2 heterocycles. The Morgan fingerprint density at radius 3 is 2.52 bits per heavy atom. The molecule has 0 bridgehead atoms. The van der Waals surface area contributed by atoms with Crippen molar-refractivity contribution in [3.05, 3.63) is 64.8 Å². The highest BCUT2D eigenvalue weighted by Gasteiger charge is 2.32. The molecule has 44 heavy (non-hydrogen) atoms. The van der Waals surface area contributed by atoms with Gasteiger partial charge in [-0.05, 0) is 43.9 Å². The second-order valence-corrected chi connectivity index (χ2v) is 11.4. The first-order valence-electron chi connectivity index (χ1n) is 14.6. The van der Waals surface area contributed by atoms with Crippen LogP contribution in [0.25, 0.3) is 5.57 Å². The van der Waals surface area contributed by atoms with Gasteiger partial charge in [-0.1, -0.05) is 41.9 Å². The maximum Gasteiger partial charge on any atom is 0.322 e. The molecule has 0 saturated carbocycles. The zero-order chi connectivity index (χ0) is 31.8. The van der Waals surface area contributed by atoms with E-state index in [0.717, 1.165) is 22.6 Å². The molecule has 0 spiro atoms. The second-order valence-electron chi connectivity index (χ2n) is 11.0. The van der Waals surface area contributed by atoms with E-state index in [4.69, 9.17) is 21.1 Å². The van der Waals surface area contributed by atoms with Gasteiger partial charge in [0.25, 0.3) is 5.91 Å². The highest BCUT2D eigenvalue weighted by Crippen LogP contribution is 2.34. The van der Waals surface area contributed by atoms with Crippen LogP contribution in [0.1, 0.15) is 30.9 Å². The summed E-state index contributed by atoms with van der Waals surface area (Å²) in [7, 11) is 4.66. The number of para-hydroxylation sites is 1. The molecule has 4 rings (SSSR count). The van der Waals surface area contributed by atoms with Gasteiger partial charge in [0.1, 0.15) is 12.3 Å². The Kier molecular flexibility index (Phi) is 11.2. The van der Waals surface area contributed by atoms with Crippen LogP contribution >= 0.6 is 11.6 Å². The van der Waals surface area contributed by atoms with E-state index in [2.05, 4.69) is 5.32 Å². The Morgan fingerprint density at radius 1 is 1.11 bits per heavy atom. The Balaban J connectivity index is 1.46. The van der Waals surface area contributed by atoms with Crippen LogP contribution in [-0.4, -0.2) is 110 Å². The van der Waals surface area contributed by atoms with E-state index in [9.17, 15) is 19.2 Å². The number of fused-ring (bicyclic) bond motifs is 1. The standard InChI is InChI=1S/C32H40ClN5O6/c1-22(20-43-3)35(2)31(41)26(25-9-7-11-28(44-4)30(25)33)18-36(21-39)19-29(40)37-15-13-24(14-16-37)38-17-12-23-8-5-6-10-27(23)34-32(38)42/h5-11,18,21-22,24H,12-17,19-20H2,1-4H3,(H,34,42)/b26-18-. The van der Waals surface area contributed by atoms with Crippen LogP contribution in [0.15, 0.2) is 48.7 Å². The Hall–Kier alpha value is -4.09. The molecular formula is C32H40ClN5O6. The molecule has 0 aliphatic carbocycles. The van der Waals surface area contributed by atoms with Crippen molar-refractivity contribution in [1.82, 2.24) is 19.6 Å². The number of rotatable bonds is 11. The summed E-state index contributed by atoms with van der Waals surface area (Å²) in [5.41, 5.74) is 2.43. The number of carbonyl (C=O) groups excluding carboxylic acids is 4. The van der Waals surface area contributed by atoms with Crippen molar-refractivity contribution in [2.45, 2.75) is 38.3 Å². The van der Waals surface area contributed by atoms with Gasteiger partial charge in [-0.3, -0.25) is 14.4 Å². The molecule has 1 saturated heterocycles. The van der Waals surface area contributed by atoms with Crippen molar-refractivity contribution >= 4 is 47.1 Å². The fraction of sp³-hybridized carbons (Fsp3) is 0.438. The fourth-order valence-electron chi connectivity index (χ4n) is 5.56. The van der Waals surface area contributed by atoms with E-state index in [-0.39, 0.29) is 41.2 Å². The Bertz CT molecular complexity index is 1390. The number of likely N-dealkylation sites (tertiary alicyclic amines) is 1. The van der Waals surface area contributed by atoms with Gasteiger partial charge in [0.05, 0.1) is 30.4 Å². The summed E-state index contributed by atoms with van der Waals surface area (Å²) in [6.45, 7) is 3.38. The summed E-state index contributed by atoms with van der Waals surface area (Å²) in [4.78, 5) is 58.4. The Labute approximate surface area is 263 Å². The van der Waals surface area contributed by atoms with Crippen LogP contribution < -0.4 is 10.1 Å². The lowest BCUT2D eigenvalue weighted by molar-refractivity contribution is -0.135. The summed E-state index contributed by atoms with van der Waals surface area (Å²) in [5, 5.41) is 3.22. The van der Waals surface area contributed by atoms with Crippen LogP contribution in [0.2, 0.25) is 5.02 Å². The summed E-state index contributed by atoms with van der Waals surface area (Å²) < 4.78 is 10.6. The Morgan fingerprint density at radius 2 is 1.84 bits per heavy atom. The van der Waals surface area contributed by atoms with Crippen LogP contribution in [-0.2, 0) is 25.5 Å². The van der Waals surface area contributed by atoms with Crippen molar-refractivity contribution in [2.75, 3.05) is 59.4 Å². The molecule has 1 atom stereocenters. The lowest BCUT2D eigenvalue weighted by Crippen LogP contribution is -2.51. The topological polar surface area (TPSA) is 112 Å². The molecule has 11 nitrogen and oxygen atoms in total. The number of hydrogen-bond donors (Lipinski definition) is 1. The lowest BCUT2D eigenvalue weighted by Gasteiger charge is -2.38. The van der Waals surface area contributed by atoms with Crippen molar-refractivity contribution in [1.29, 1.82) is 0 Å². The van der Waals surface area contributed by atoms with Crippen molar-refractivity contribution in [3.63, 3.8) is 0 Å². The molecule has 1 unspecified atom stereocenters. The van der Waals surface area contributed by atoms with Crippen molar-refractivity contribution in [3.8, 4) is 5.75 Å². The molecule has 12 heteroatoms. The molecule has 236 valence electrons. The fourth-order valence-corrected chi connectivity index (χ4v) is 5.86. The van der Waals surface area contributed by atoms with Crippen LogP contribution in [0.4, 0.5) is 10.5 Å². The maximum atomic E-state index is 13.7. The van der Waals surface area contributed by atoms with Gasteiger partial charge in [0, 0.05) is 57.3 Å². The third kappa shape index (κ3) is 7.51. The van der Waals surface area contributed by atoms with E-state index >= 15 is 0 Å². The number of nitrogens with one attached hydrogen (secondary N) is 1. The average Bonchev–Trinajstić information content (AvgIpc) is 3.20. The maximum absolute atomic E-state index is 13.7. The molecule has 2 aromatic rings. The van der Waals surface area contributed by atoms with Crippen molar-refractivity contribution < 1.29 is 28.7 Å². The highest BCUT2D eigenvalue weighted by molar-refractivity contribution is 6.36. The number of likely N-dealkylation sites (N-methyl/N-ethyl adjacent to an activating group) is 1. The third-order valence-corrected chi connectivity index (χ3v) is 8.63. The zero-order valence-electron chi connectivity index (χ0n) is 25.6. The summed E-state index contributed by atoms with van der Waals surface area (Å²) >= 11 is 6.60. The predicted octanol–water partition coefficient (Wildman–Crippen LogP) is 3.72. The van der Waals surface area contributed by atoms with Gasteiger partial charge in [-0.25, -0.2) is 4.79 Å². The molecule has 1 fully saturated rings. The number of ether oxygens (including phenoxy) is 2. The molecular weight excluding hydrogens is 586 g/mol. The minimum absolute atomic E-state index is 0.000476. The van der Waals surface area contributed by atoms with Gasteiger partial charge in [0.2, 0.25) is 12.3 Å². The molecule has 0 aromatic heterocycles. The highest BCUT2D eigenvalue weighted by atomic mass is 35.5. The number of amides is 5. The lowest BCUT2D eigenvalue weighted by atomic mass is 10.0. The number of halogens is 1. The quantitative estimate of drug-likeness (QED) is 0.301. The summed E-state index contributed by atoms with van der Waals surface area (Å²) in [5.74, 6) is -0.291. The van der Waals surface area contributed by atoms with Gasteiger partial charge in [0.15, 0.2) is 0 Å².